The van der Waals surface area contributed by atoms with Crippen LogP contribution in [0, 0.1) is 6.92 Å². The average molecular weight is 258 g/mol. The van der Waals surface area contributed by atoms with E-state index < -0.39 is 0 Å². The minimum absolute atomic E-state index is 0.595. The fraction of sp³-hybridized carbons (Fsp3) is 0.385. The Morgan fingerprint density at radius 1 is 1.21 bits per heavy atom. The first kappa shape index (κ1) is 13.2. The Morgan fingerprint density at radius 2 is 2.00 bits per heavy atom. The standard InChI is InChI=1S/C13H18N6/c1-4-11-17-12(14-3)9(2)13(18-11)15-8-10-6-5-7-16-19-10/h5-7H,4,8H2,1-3H3,(H2,14,15,17,18). The number of aromatic nitrogens is 4. The first-order valence-corrected chi connectivity index (χ1v) is 6.30. The zero-order valence-corrected chi connectivity index (χ0v) is 11.4. The van der Waals surface area contributed by atoms with Crippen LogP contribution in [0.1, 0.15) is 24.0 Å². The number of anilines is 2. The minimum atomic E-state index is 0.595. The summed E-state index contributed by atoms with van der Waals surface area (Å²) in [6.45, 7) is 4.62. The summed E-state index contributed by atoms with van der Waals surface area (Å²) in [5.74, 6) is 2.51. The Balaban J connectivity index is 2.19. The van der Waals surface area contributed by atoms with E-state index in [1.165, 1.54) is 0 Å². The average Bonchev–Trinajstić information content (AvgIpc) is 2.47. The van der Waals surface area contributed by atoms with Gasteiger partial charge in [-0.2, -0.15) is 10.2 Å². The second-order valence-electron chi connectivity index (χ2n) is 4.13. The van der Waals surface area contributed by atoms with Gasteiger partial charge >= 0.3 is 0 Å². The van der Waals surface area contributed by atoms with Gasteiger partial charge in [-0.1, -0.05) is 6.92 Å². The first-order valence-electron chi connectivity index (χ1n) is 6.30. The van der Waals surface area contributed by atoms with Crippen LogP contribution in [0.2, 0.25) is 0 Å². The molecule has 0 aromatic carbocycles. The maximum Gasteiger partial charge on any atom is 0.135 e. The number of hydrogen-bond acceptors (Lipinski definition) is 6. The topological polar surface area (TPSA) is 75.6 Å². The fourth-order valence-electron chi connectivity index (χ4n) is 1.74. The summed E-state index contributed by atoms with van der Waals surface area (Å²) in [5.41, 5.74) is 1.88. The number of rotatable bonds is 5. The summed E-state index contributed by atoms with van der Waals surface area (Å²) in [4.78, 5) is 8.94. The van der Waals surface area contributed by atoms with E-state index in [9.17, 15) is 0 Å². The van der Waals surface area contributed by atoms with Crippen molar-refractivity contribution in [1.82, 2.24) is 20.2 Å². The van der Waals surface area contributed by atoms with Crippen LogP contribution in [0.4, 0.5) is 11.6 Å². The lowest BCUT2D eigenvalue weighted by Gasteiger charge is -2.12. The van der Waals surface area contributed by atoms with E-state index in [0.717, 1.165) is 35.1 Å². The summed E-state index contributed by atoms with van der Waals surface area (Å²) in [6.07, 6.45) is 2.46. The molecule has 0 aliphatic heterocycles. The highest BCUT2D eigenvalue weighted by Gasteiger charge is 2.09. The summed E-state index contributed by atoms with van der Waals surface area (Å²) in [6, 6.07) is 3.80. The molecule has 100 valence electrons. The van der Waals surface area contributed by atoms with Crippen molar-refractivity contribution in [1.29, 1.82) is 0 Å². The van der Waals surface area contributed by atoms with Crippen LogP contribution in [0.15, 0.2) is 18.3 Å². The van der Waals surface area contributed by atoms with Crippen LogP contribution in [-0.4, -0.2) is 27.2 Å². The molecule has 2 aromatic rings. The number of nitrogens with zero attached hydrogens (tertiary/aromatic N) is 4. The van der Waals surface area contributed by atoms with E-state index >= 15 is 0 Å². The van der Waals surface area contributed by atoms with Crippen LogP contribution < -0.4 is 10.6 Å². The summed E-state index contributed by atoms with van der Waals surface area (Å²) in [5, 5.41) is 14.3. The van der Waals surface area contributed by atoms with Crippen molar-refractivity contribution in [2.75, 3.05) is 17.7 Å². The highest BCUT2D eigenvalue weighted by Crippen LogP contribution is 2.20. The maximum atomic E-state index is 4.50. The van der Waals surface area contributed by atoms with Crippen molar-refractivity contribution >= 4 is 11.6 Å². The van der Waals surface area contributed by atoms with Gasteiger partial charge in [0.2, 0.25) is 0 Å². The third-order valence-electron chi connectivity index (χ3n) is 2.81. The van der Waals surface area contributed by atoms with E-state index in [-0.39, 0.29) is 0 Å². The maximum absolute atomic E-state index is 4.50. The molecule has 0 unspecified atom stereocenters. The smallest absolute Gasteiger partial charge is 0.135 e. The number of nitrogens with one attached hydrogen (secondary N) is 2. The van der Waals surface area contributed by atoms with E-state index in [1.807, 2.05) is 33.0 Å². The van der Waals surface area contributed by atoms with Crippen molar-refractivity contribution in [2.45, 2.75) is 26.8 Å². The molecule has 0 saturated carbocycles. The van der Waals surface area contributed by atoms with Crippen molar-refractivity contribution in [3.63, 3.8) is 0 Å². The lowest BCUT2D eigenvalue weighted by molar-refractivity contribution is 0.897. The highest BCUT2D eigenvalue weighted by atomic mass is 15.1. The van der Waals surface area contributed by atoms with Gasteiger partial charge in [0.15, 0.2) is 0 Å². The van der Waals surface area contributed by atoms with Gasteiger partial charge in [-0.3, -0.25) is 0 Å². The van der Waals surface area contributed by atoms with Gasteiger partial charge in [0, 0.05) is 25.2 Å². The molecule has 2 rings (SSSR count). The Kier molecular flexibility index (Phi) is 4.22. The normalized spacial score (nSPS) is 10.3. The van der Waals surface area contributed by atoms with Gasteiger partial charge in [-0.05, 0) is 19.1 Å². The third kappa shape index (κ3) is 3.15. The Hall–Kier alpha value is -2.24. The molecule has 0 amide bonds. The molecule has 19 heavy (non-hydrogen) atoms. The molecular weight excluding hydrogens is 240 g/mol. The molecule has 0 bridgehead atoms. The fourth-order valence-corrected chi connectivity index (χ4v) is 1.74. The van der Waals surface area contributed by atoms with Gasteiger partial charge < -0.3 is 10.6 Å². The van der Waals surface area contributed by atoms with Crippen molar-refractivity contribution < 1.29 is 0 Å². The van der Waals surface area contributed by atoms with Crippen molar-refractivity contribution in [3.05, 3.63) is 35.4 Å². The summed E-state index contributed by atoms with van der Waals surface area (Å²) in [7, 11) is 1.86. The van der Waals surface area contributed by atoms with Gasteiger partial charge in [0.1, 0.15) is 17.5 Å². The summed E-state index contributed by atoms with van der Waals surface area (Å²) < 4.78 is 0. The number of hydrogen-bond donors (Lipinski definition) is 2. The SMILES string of the molecule is CCc1nc(NC)c(C)c(NCc2cccnn2)n1. The Labute approximate surface area is 112 Å². The largest absolute Gasteiger partial charge is 0.373 e. The first-order chi connectivity index (χ1) is 9.24. The Bertz CT molecular complexity index is 540. The molecular formula is C13H18N6. The van der Waals surface area contributed by atoms with Crippen molar-refractivity contribution in [2.24, 2.45) is 0 Å². The van der Waals surface area contributed by atoms with Crippen LogP contribution in [0.5, 0.6) is 0 Å². The zero-order chi connectivity index (χ0) is 13.7. The van der Waals surface area contributed by atoms with Gasteiger partial charge in [-0.25, -0.2) is 9.97 Å². The van der Waals surface area contributed by atoms with Crippen molar-refractivity contribution in [3.8, 4) is 0 Å². The second kappa shape index (κ2) is 6.08. The lowest BCUT2D eigenvalue weighted by Crippen LogP contribution is -2.10. The van der Waals surface area contributed by atoms with Gasteiger partial charge in [-0.15, -0.1) is 0 Å². The third-order valence-corrected chi connectivity index (χ3v) is 2.81. The van der Waals surface area contributed by atoms with Crippen LogP contribution in [0.25, 0.3) is 0 Å². The molecule has 0 radical (unpaired) electrons. The van der Waals surface area contributed by atoms with Gasteiger partial charge in [0.05, 0.1) is 12.2 Å². The van der Waals surface area contributed by atoms with Crippen LogP contribution >= 0.6 is 0 Å². The second-order valence-corrected chi connectivity index (χ2v) is 4.13. The quantitative estimate of drug-likeness (QED) is 0.851. The predicted molar refractivity (Wildman–Crippen MR) is 75.1 cm³/mol. The van der Waals surface area contributed by atoms with Gasteiger partial charge in [0.25, 0.3) is 0 Å². The van der Waals surface area contributed by atoms with E-state index in [4.69, 9.17) is 0 Å². The molecule has 0 fully saturated rings. The molecule has 0 atom stereocenters. The monoisotopic (exact) mass is 258 g/mol. The lowest BCUT2D eigenvalue weighted by atomic mass is 10.3. The van der Waals surface area contributed by atoms with Crippen LogP contribution in [-0.2, 0) is 13.0 Å². The zero-order valence-electron chi connectivity index (χ0n) is 11.4. The highest BCUT2D eigenvalue weighted by molar-refractivity contribution is 5.57. The molecule has 2 N–H and O–H groups in total. The minimum Gasteiger partial charge on any atom is -0.373 e. The summed E-state index contributed by atoms with van der Waals surface area (Å²) >= 11 is 0. The van der Waals surface area contributed by atoms with E-state index in [1.54, 1.807) is 6.20 Å². The van der Waals surface area contributed by atoms with Crippen LogP contribution in [0.3, 0.4) is 0 Å². The molecule has 0 saturated heterocycles. The molecule has 0 spiro atoms. The molecule has 6 heteroatoms. The molecule has 2 heterocycles. The number of aryl methyl sites for hydroxylation is 1. The Morgan fingerprint density at radius 3 is 2.63 bits per heavy atom. The molecule has 0 aliphatic rings. The molecule has 0 aliphatic carbocycles. The molecule has 2 aromatic heterocycles. The predicted octanol–water partition coefficient (Wildman–Crippen LogP) is 1.79. The van der Waals surface area contributed by atoms with E-state index in [0.29, 0.717) is 6.54 Å². The van der Waals surface area contributed by atoms with E-state index in [2.05, 4.69) is 30.8 Å². The molecule has 6 nitrogen and oxygen atoms in total.